The van der Waals surface area contributed by atoms with Crippen LogP contribution in [-0.2, 0) is 4.74 Å². The van der Waals surface area contributed by atoms with Crippen LogP contribution in [-0.4, -0.2) is 18.1 Å². The first-order valence-electron chi connectivity index (χ1n) is 3.74. The van der Waals surface area contributed by atoms with E-state index < -0.39 is 5.97 Å². The van der Waals surface area contributed by atoms with Gasteiger partial charge in [-0.05, 0) is 0 Å². The predicted molar refractivity (Wildman–Crippen MR) is 55.4 cm³/mol. The lowest BCUT2D eigenvalue weighted by atomic mass is 10.3. The highest BCUT2D eigenvalue weighted by Crippen LogP contribution is 2.29. The number of rotatable bonds is 3. The fraction of sp³-hybridized carbons (Fsp3) is 0.375. The zero-order valence-electron chi connectivity index (χ0n) is 7.36. The Morgan fingerprint density at radius 1 is 1.93 bits per heavy atom. The molecule has 1 rings (SSSR count). The van der Waals surface area contributed by atoms with Crippen LogP contribution in [0.25, 0.3) is 0 Å². The number of esters is 1. The summed E-state index contributed by atoms with van der Waals surface area (Å²) in [7, 11) is 1.32. The summed E-state index contributed by atoms with van der Waals surface area (Å²) in [4.78, 5) is 15.4. The SMILES string of the molecule is COC(=O)c1cnc(C(Br)CC#N)s1. The first kappa shape index (κ1) is 11.1. The van der Waals surface area contributed by atoms with Crippen molar-refractivity contribution in [1.29, 1.82) is 5.26 Å². The van der Waals surface area contributed by atoms with Gasteiger partial charge in [-0.25, -0.2) is 9.78 Å². The minimum Gasteiger partial charge on any atom is -0.465 e. The molecule has 74 valence electrons. The molecule has 1 unspecified atom stereocenters. The van der Waals surface area contributed by atoms with Gasteiger partial charge in [0.1, 0.15) is 9.88 Å². The third-order valence-electron chi connectivity index (χ3n) is 1.45. The molecule has 0 saturated carbocycles. The van der Waals surface area contributed by atoms with Gasteiger partial charge in [-0.2, -0.15) is 5.26 Å². The molecule has 0 radical (unpaired) electrons. The number of aromatic nitrogens is 1. The Bertz CT molecular complexity index is 372. The molecule has 0 fully saturated rings. The molecule has 1 atom stereocenters. The van der Waals surface area contributed by atoms with Crippen molar-refractivity contribution in [3.63, 3.8) is 0 Å². The van der Waals surface area contributed by atoms with E-state index in [1.165, 1.54) is 24.6 Å². The quantitative estimate of drug-likeness (QED) is 0.627. The van der Waals surface area contributed by atoms with Crippen LogP contribution in [0, 0.1) is 11.3 Å². The number of thiazole rings is 1. The maximum Gasteiger partial charge on any atom is 0.349 e. The van der Waals surface area contributed by atoms with E-state index in [0.717, 1.165) is 0 Å². The predicted octanol–water partition coefficient (Wildman–Crippen LogP) is 2.28. The summed E-state index contributed by atoms with van der Waals surface area (Å²) in [6, 6.07) is 2.02. The average molecular weight is 275 g/mol. The van der Waals surface area contributed by atoms with E-state index in [9.17, 15) is 4.79 Å². The van der Waals surface area contributed by atoms with Crippen LogP contribution >= 0.6 is 27.3 Å². The Balaban J connectivity index is 2.78. The van der Waals surface area contributed by atoms with Gasteiger partial charge < -0.3 is 4.74 Å². The number of alkyl halides is 1. The minimum absolute atomic E-state index is 0.115. The zero-order chi connectivity index (χ0) is 10.6. The van der Waals surface area contributed by atoms with Gasteiger partial charge in [0.05, 0.1) is 30.6 Å². The fourth-order valence-corrected chi connectivity index (χ4v) is 2.15. The van der Waals surface area contributed by atoms with Crippen molar-refractivity contribution in [2.45, 2.75) is 11.2 Å². The maximum atomic E-state index is 11.1. The van der Waals surface area contributed by atoms with Crippen molar-refractivity contribution in [2.75, 3.05) is 7.11 Å². The van der Waals surface area contributed by atoms with E-state index in [4.69, 9.17) is 5.26 Å². The second-order valence-electron chi connectivity index (χ2n) is 2.38. The molecule has 0 N–H and O–H groups in total. The lowest BCUT2D eigenvalue weighted by molar-refractivity contribution is 0.0606. The van der Waals surface area contributed by atoms with Crippen molar-refractivity contribution < 1.29 is 9.53 Å². The second kappa shape index (κ2) is 5.08. The number of nitriles is 1. The summed E-state index contributed by atoms with van der Waals surface area (Å²) in [5.74, 6) is -0.398. The van der Waals surface area contributed by atoms with Gasteiger partial charge in [-0.15, -0.1) is 11.3 Å². The van der Waals surface area contributed by atoms with E-state index in [0.29, 0.717) is 16.3 Å². The van der Waals surface area contributed by atoms with Gasteiger partial charge in [0, 0.05) is 0 Å². The Hall–Kier alpha value is -0.930. The standard InChI is InChI=1S/C8H7BrN2O2S/c1-13-8(12)6-4-11-7(14-6)5(9)2-3-10/h4-5H,2H2,1H3. The summed E-state index contributed by atoms with van der Waals surface area (Å²) < 4.78 is 4.54. The van der Waals surface area contributed by atoms with Gasteiger partial charge in [-0.1, -0.05) is 15.9 Å². The molecular formula is C8H7BrN2O2S. The Labute approximate surface area is 93.7 Å². The minimum atomic E-state index is -0.398. The number of hydrogen-bond donors (Lipinski definition) is 0. The lowest BCUT2D eigenvalue weighted by Crippen LogP contribution is -1.96. The van der Waals surface area contributed by atoms with Gasteiger partial charge in [-0.3, -0.25) is 0 Å². The molecule has 0 amide bonds. The van der Waals surface area contributed by atoms with Crippen LogP contribution in [0.2, 0.25) is 0 Å². The van der Waals surface area contributed by atoms with Crippen LogP contribution in [0.3, 0.4) is 0 Å². The molecule has 6 heteroatoms. The maximum absolute atomic E-state index is 11.1. The van der Waals surface area contributed by atoms with Gasteiger partial charge >= 0.3 is 5.97 Å². The molecule has 1 heterocycles. The fourth-order valence-electron chi connectivity index (χ4n) is 0.795. The Morgan fingerprint density at radius 3 is 3.21 bits per heavy atom. The number of carbonyl (C=O) groups excluding carboxylic acids is 1. The number of carbonyl (C=O) groups is 1. The molecule has 1 aromatic heterocycles. The molecule has 4 nitrogen and oxygen atoms in total. The van der Waals surface area contributed by atoms with Crippen molar-refractivity contribution in [3.05, 3.63) is 16.1 Å². The van der Waals surface area contributed by atoms with Crippen LogP contribution < -0.4 is 0 Å². The summed E-state index contributed by atoms with van der Waals surface area (Å²) >= 11 is 4.53. The Kier molecular flexibility index (Phi) is 4.04. The highest BCUT2D eigenvalue weighted by Gasteiger charge is 2.15. The highest BCUT2D eigenvalue weighted by atomic mass is 79.9. The molecule has 0 aliphatic rings. The summed E-state index contributed by atoms with van der Waals surface area (Å²) in [5, 5.41) is 9.18. The van der Waals surface area contributed by atoms with Crippen LogP contribution in [0.1, 0.15) is 25.9 Å². The summed E-state index contributed by atoms with van der Waals surface area (Å²) in [6.45, 7) is 0. The van der Waals surface area contributed by atoms with E-state index in [1.54, 1.807) is 0 Å². The molecular weight excluding hydrogens is 268 g/mol. The summed E-state index contributed by atoms with van der Waals surface area (Å²) in [6.07, 6.45) is 1.78. The molecule has 1 aromatic rings. The normalized spacial score (nSPS) is 11.8. The molecule has 0 aliphatic heterocycles. The smallest absolute Gasteiger partial charge is 0.349 e. The summed E-state index contributed by atoms with van der Waals surface area (Å²) in [5.41, 5.74) is 0. The molecule has 0 aromatic carbocycles. The van der Waals surface area contributed by atoms with Gasteiger partial charge in [0.15, 0.2) is 0 Å². The van der Waals surface area contributed by atoms with Crippen molar-refractivity contribution in [1.82, 2.24) is 4.98 Å². The number of hydrogen-bond acceptors (Lipinski definition) is 5. The van der Waals surface area contributed by atoms with Crippen molar-refractivity contribution in [3.8, 4) is 6.07 Å². The van der Waals surface area contributed by atoms with E-state index in [2.05, 4.69) is 25.7 Å². The third-order valence-corrected chi connectivity index (χ3v) is 3.60. The zero-order valence-corrected chi connectivity index (χ0v) is 9.76. The average Bonchev–Trinajstić information content (AvgIpc) is 2.66. The van der Waals surface area contributed by atoms with Crippen LogP contribution in [0.5, 0.6) is 0 Å². The monoisotopic (exact) mass is 274 g/mol. The highest BCUT2D eigenvalue weighted by molar-refractivity contribution is 9.09. The van der Waals surface area contributed by atoms with Crippen LogP contribution in [0.15, 0.2) is 6.20 Å². The molecule has 0 spiro atoms. The number of methoxy groups -OCH3 is 1. The van der Waals surface area contributed by atoms with Crippen LogP contribution in [0.4, 0.5) is 0 Å². The molecule has 0 aliphatic carbocycles. The molecule has 0 bridgehead atoms. The van der Waals surface area contributed by atoms with Gasteiger partial charge in [0.2, 0.25) is 0 Å². The van der Waals surface area contributed by atoms with Crippen molar-refractivity contribution in [2.24, 2.45) is 0 Å². The number of nitrogens with zero attached hydrogens (tertiary/aromatic N) is 2. The van der Waals surface area contributed by atoms with Gasteiger partial charge in [0.25, 0.3) is 0 Å². The number of halogens is 1. The lowest BCUT2D eigenvalue weighted by Gasteiger charge is -1.97. The molecule has 14 heavy (non-hydrogen) atoms. The van der Waals surface area contributed by atoms with Crippen molar-refractivity contribution >= 4 is 33.2 Å². The second-order valence-corrected chi connectivity index (χ2v) is 4.55. The van der Waals surface area contributed by atoms with E-state index in [-0.39, 0.29) is 4.83 Å². The molecule has 0 saturated heterocycles. The van der Waals surface area contributed by atoms with E-state index in [1.807, 2.05) is 6.07 Å². The first-order valence-corrected chi connectivity index (χ1v) is 5.47. The topological polar surface area (TPSA) is 63.0 Å². The largest absolute Gasteiger partial charge is 0.465 e. The first-order chi connectivity index (χ1) is 6.69. The Morgan fingerprint density at radius 2 is 2.64 bits per heavy atom. The van der Waals surface area contributed by atoms with E-state index >= 15 is 0 Å². The third kappa shape index (κ3) is 2.53. The number of ether oxygens (including phenoxy) is 1.